The van der Waals surface area contributed by atoms with Crippen molar-refractivity contribution in [3.63, 3.8) is 0 Å². The molecule has 11 rings (SSSR count). The number of aromatic nitrogens is 3. The summed E-state index contributed by atoms with van der Waals surface area (Å²) < 4.78 is 2.46. The van der Waals surface area contributed by atoms with Gasteiger partial charge in [-0.15, -0.1) is 11.3 Å². The minimum absolute atomic E-state index is 0.648. The van der Waals surface area contributed by atoms with Gasteiger partial charge in [-0.25, -0.2) is 15.0 Å². The number of nitrogens with zero attached hydrogens (tertiary/aromatic N) is 3. The first-order valence-corrected chi connectivity index (χ1v) is 20.0. The molecule has 9 aromatic carbocycles. The lowest BCUT2D eigenvalue weighted by molar-refractivity contribution is 1.08. The van der Waals surface area contributed by atoms with Crippen LogP contribution < -0.4 is 0 Å². The highest BCUT2D eigenvalue weighted by molar-refractivity contribution is 7.26. The average molecular weight is 744 g/mol. The number of hydrogen-bond acceptors (Lipinski definition) is 4. The van der Waals surface area contributed by atoms with Crippen LogP contribution in [0.2, 0.25) is 0 Å². The number of hydrogen-bond donors (Lipinski definition) is 0. The lowest BCUT2D eigenvalue weighted by Gasteiger charge is -2.12. The minimum atomic E-state index is 0.648. The van der Waals surface area contributed by atoms with E-state index in [1.54, 1.807) is 0 Å². The van der Waals surface area contributed by atoms with Crippen LogP contribution in [0.5, 0.6) is 0 Å². The van der Waals surface area contributed by atoms with E-state index in [1.807, 2.05) is 35.6 Å². The summed E-state index contributed by atoms with van der Waals surface area (Å²) >= 11 is 1.82. The predicted molar refractivity (Wildman–Crippen MR) is 240 cm³/mol. The van der Waals surface area contributed by atoms with E-state index in [9.17, 15) is 0 Å². The van der Waals surface area contributed by atoms with Gasteiger partial charge < -0.3 is 0 Å². The van der Waals surface area contributed by atoms with Gasteiger partial charge in [-0.2, -0.15) is 0 Å². The van der Waals surface area contributed by atoms with Gasteiger partial charge in [0, 0.05) is 36.9 Å². The molecule has 0 aliphatic heterocycles. The summed E-state index contributed by atoms with van der Waals surface area (Å²) in [5.74, 6) is 1.96. The second kappa shape index (κ2) is 13.8. The molecule has 0 saturated heterocycles. The van der Waals surface area contributed by atoms with Crippen molar-refractivity contribution in [2.24, 2.45) is 0 Å². The van der Waals surface area contributed by atoms with Crippen molar-refractivity contribution >= 4 is 53.1 Å². The topological polar surface area (TPSA) is 38.7 Å². The van der Waals surface area contributed by atoms with Crippen LogP contribution in [0.3, 0.4) is 0 Å². The molecular formula is C53H33N3S. The predicted octanol–water partition coefficient (Wildman–Crippen LogP) is 14.5. The molecule has 4 heteroatoms. The summed E-state index contributed by atoms with van der Waals surface area (Å²) in [4.78, 5) is 15.4. The van der Waals surface area contributed by atoms with Crippen LogP contribution in [0.4, 0.5) is 0 Å². The highest BCUT2D eigenvalue weighted by Crippen LogP contribution is 2.44. The lowest BCUT2D eigenvalue weighted by Crippen LogP contribution is -2.00. The molecular weight excluding hydrogens is 711 g/mol. The highest BCUT2D eigenvalue weighted by Gasteiger charge is 2.18. The summed E-state index contributed by atoms with van der Waals surface area (Å²) in [7, 11) is 0. The third-order valence-corrected chi connectivity index (χ3v) is 12.0. The molecule has 57 heavy (non-hydrogen) atoms. The van der Waals surface area contributed by atoms with Gasteiger partial charge in [0.1, 0.15) is 0 Å². The summed E-state index contributed by atoms with van der Waals surface area (Å²) in [6.45, 7) is 0. The second-order valence-electron chi connectivity index (χ2n) is 14.4. The number of fused-ring (bicyclic) bond motifs is 6. The van der Waals surface area contributed by atoms with Gasteiger partial charge in [0.2, 0.25) is 0 Å². The average Bonchev–Trinajstić information content (AvgIpc) is 3.67. The monoisotopic (exact) mass is 743 g/mol. The van der Waals surface area contributed by atoms with Gasteiger partial charge in [0.25, 0.3) is 0 Å². The van der Waals surface area contributed by atoms with Gasteiger partial charge in [-0.3, -0.25) is 0 Å². The molecule has 0 aliphatic rings. The molecule has 0 saturated carbocycles. The Morgan fingerprint density at radius 3 is 1.46 bits per heavy atom. The smallest absolute Gasteiger partial charge is 0.164 e. The molecule has 3 nitrogen and oxygen atoms in total. The molecule has 0 aliphatic carbocycles. The number of thiophene rings is 1. The van der Waals surface area contributed by atoms with E-state index >= 15 is 0 Å². The summed E-state index contributed by atoms with van der Waals surface area (Å²) in [5.41, 5.74) is 10.1. The Bertz CT molecular complexity index is 3260. The Morgan fingerprint density at radius 1 is 0.281 bits per heavy atom. The second-order valence-corrected chi connectivity index (χ2v) is 15.5. The van der Waals surface area contributed by atoms with Crippen molar-refractivity contribution in [1.29, 1.82) is 0 Å². The zero-order valence-electron chi connectivity index (χ0n) is 30.8. The molecule has 0 bridgehead atoms. The Hall–Kier alpha value is -7.27. The Labute approximate surface area is 334 Å². The first kappa shape index (κ1) is 33.1. The fourth-order valence-electron chi connectivity index (χ4n) is 8.01. The molecule has 11 aromatic rings. The van der Waals surface area contributed by atoms with Crippen LogP contribution >= 0.6 is 11.3 Å². The van der Waals surface area contributed by atoms with Gasteiger partial charge in [-0.05, 0) is 73.1 Å². The molecule has 0 atom stereocenters. The molecule has 2 heterocycles. The maximum absolute atomic E-state index is 5.19. The van der Waals surface area contributed by atoms with Crippen LogP contribution in [0.15, 0.2) is 200 Å². The molecule has 0 N–H and O–H groups in total. The van der Waals surface area contributed by atoms with Crippen LogP contribution in [-0.4, -0.2) is 15.0 Å². The van der Waals surface area contributed by atoms with Gasteiger partial charge in [-0.1, -0.05) is 182 Å². The maximum atomic E-state index is 5.19. The molecule has 0 radical (unpaired) electrons. The summed E-state index contributed by atoms with van der Waals surface area (Å²) in [5, 5.41) is 7.35. The largest absolute Gasteiger partial charge is 0.208 e. The third-order valence-electron chi connectivity index (χ3n) is 10.9. The molecule has 2 aromatic heterocycles. The van der Waals surface area contributed by atoms with E-state index in [4.69, 9.17) is 15.0 Å². The zero-order chi connectivity index (χ0) is 37.7. The first-order valence-electron chi connectivity index (χ1n) is 19.2. The molecule has 0 spiro atoms. The SMILES string of the molecule is c1ccc(-c2ccc(-c3nc(-c4ccccc4)nc(-c4cc5sc6cc(-c7ccc(-c8ccc9ccccc9c8)cc7)ccc6c5c5ccccc45)n3)cc2)cc1. The van der Waals surface area contributed by atoms with Crippen molar-refractivity contribution in [3.8, 4) is 67.5 Å². The van der Waals surface area contributed by atoms with E-state index in [2.05, 4.69) is 176 Å². The van der Waals surface area contributed by atoms with Crippen molar-refractivity contribution < 1.29 is 0 Å². The molecule has 0 amide bonds. The van der Waals surface area contributed by atoms with Gasteiger partial charge in [0.05, 0.1) is 0 Å². The molecule has 266 valence electrons. The normalized spacial score (nSPS) is 11.5. The Kier molecular flexibility index (Phi) is 8.01. The van der Waals surface area contributed by atoms with Crippen LogP contribution in [0.25, 0.3) is 109 Å². The maximum Gasteiger partial charge on any atom is 0.164 e. The quantitative estimate of drug-likeness (QED) is 0.170. The van der Waals surface area contributed by atoms with Crippen molar-refractivity contribution in [3.05, 3.63) is 200 Å². The zero-order valence-corrected chi connectivity index (χ0v) is 31.6. The summed E-state index contributed by atoms with van der Waals surface area (Å²) in [6, 6.07) is 71.1. The van der Waals surface area contributed by atoms with Crippen LogP contribution in [-0.2, 0) is 0 Å². The van der Waals surface area contributed by atoms with Crippen LogP contribution in [0, 0.1) is 0 Å². The fourth-order valence-corrected chi connectivity index (χ4v) is 9.21. The number of benzene rings is 9. The van der Waals surface area contributed by atoms with Gasteiger partial charge >= 0.3 is 0 Å². The molecule has 0 fully saturated rings. The van der Waals surface area contributed by atoms with Crippen molar-refractivity contribution in [1.82, 2.24) is 15.0 Å². The van der Waals surface area contributed by atoms with Crippen molar-refractivity contribution in [2.45, 2.75) is 0 Å². The number of rotatable bonds is 6. The standard InChI is InChI=1S/C53H33N3S/c1-3-11-34(12-4-1)36-23-26-40(27-24-36)52-54-51(39-14-5-2-6-15-39)55-53(56-52)47-33-49-50(45-18-10-9-17-44(45)47)46-30-29-43(32-48(46)57-49)38-21-19-37(20-22-38)42-28-25-35-13-7-8-16-41(35)31-42/h1-33H. The van der Waals surface area contributed by atoms with E-state index in [1.165, 1.54) is 64.1 Å². The molecule has 0 unspecified atom stereocenters. The third kappa shape index (κ3) is 6.04. The summed E-state index contributed by atoms with van der Waals surface area (Å²) in [6.07, 6.45) is 0. The van der Waals surface area contributed by atoms with Crippen molar-refractivity contribution in [2.75, 3.05) is 0 Å². The van der Waals surface area contributed by atoms with E-state index in [-0.39, 0.29) is 0 Å². The van der Waals surface area contributed by atoms with Gasteiger partial charge in [0.15, 0.2) is 17.5 Å². The minimum Gasteiger partial charge on any atom is -0.208 e. The van der Waals surface area contributed by atoms with Crippen LogP contribution in [0.1, 0.15) is 0 Å². The lowest BCUT2D eigenvalue weighted by atomic mass is 9.96. The first-order chi connectivity index (χ1) is 28.2. The van der Waals surface area contributed by atoms with E-state index in [0.29, 0.717) is 17.5 Å². The van der Waals surface area contributed by atoms with E-state index in [0.717, 1.165) is 27.6 Å². The fraction of sp³-hybridized carbons (Fsp3) is 0. The van der Waals surface area contributed by atoms with E-state index < -0.39 is 0 Å². The Morgan fingerprint density at radius 2 is 0.754 bits per heavy atom. The highest BCUT2D eigenvalue weighted by atomic mass is 32.1. The Balaban J connectivity index is 1.01.